The highest BCUT2D eigenvalue weighted by molar-refractivity contribution is 5.30. The number of ether oxygens (including phenoxy) is 1. The van der Waals surface area contributed by atoms with Crippen LogP contribution in [0.3, 0.4) is 0 Å². The van der Waals surface area contributed by atoms with Gasteiger partial charge in [0.1, 0.15) is 0 Å². The summed E-state index contributed by atoms with van der Waals surface area (Å²) >= 11 is 0. The molecular weight excluding hydrogens is 226 g/mol. The maximum Gasteiger partial charge on any atom is 0.226 e. The van der Waals surface area contributed by atoms with Crippen molar-refractivity contribution in [3.8, 4) is 5.88 Å². The molecule has 0 aromatic carbocycles. The number of rotatable bonds is 6. The quantitative estimate of drug-likeness (QED) is 0.841. The minimum atomic E-state index is 0.318. The normalized spacial score (nSPS) is 11.4. The third kappa shape index (κ3) is 5.84. The molecule has 0 bridgehead atoms. The van der Waals surface area contributed by atoms with Crippen LogP contribution < -0.4 is 10.1 Å². The van der Waals surface area contributed by atoms with Crippen LogP contribution in [-0.2, 0) is 0 Å². The van der Waals surface area contributed by atoms with Gasteiger partial charge in [0.2, 0.25) is 11.8 Å². The van der Waals surface area contributed by atoms with Crippen molar-refractivity contribution in [2.45, 2.75) is 47.5 Å². The van der Waals surface area contributed by atoms with E-state index in [9.17, 15) is 0 Å². The molecule has 1 aromatic heterocycles. The average molecular weight is 251 g/mol. The van der Waals surface area contributed by atoms with Gasteiger partial charge in [-0.2, -0.15) is 4.98 Å². The average Bonchev–Trinajstić information content (AvgIpc) is 2.24. The molecule has 0 saturated carbocycles. The standard InChI is InChI=1S/C14H25N3O/c1-6-9-18-12-10-11(2)16-13(17-12)15-8-7-14(3,4)5/h10H,6-9H2,1-5H3,(H,15,16,17). The number of nitrogens with zero attached hydrogens (tertiary/aromatic N) is 2. The van der Waals surface area contributed by atoms with Gasteiger partial charge < -0.3 is 10.1 Å². The van der Waals surface area contributed by atoms with Crippen LogP contribution >= 0.6 is 0 Å². The van der Waals surface area contributed by atoms with Crippen molar-refractivity contribution >= 4 is 5.95 Å². The Morgan fingerprint density at radius 2 is 2.00 bits per heavy atom. The van der Waals surface area contributed by atoms with Crippen molar-refractivity contribution in [1.82, 2.24) is 9.97 Å². The lowest BCUT2D eigenvalue weighted by Gasteiger charge is -2.18. The maximum absolute atomic E-state index is 5.53. The Kier molecular flexibility index (Phi) is 5.38. The first-order valence-electron chi connectivity index (χ1n) is 6.63. The van der Waals surface area contributed by atoms with Gasteiger partial charge in [0.25, 0.3) is 0 Å². The zero-order chi connectivity index (χ0) is 13.6. The van der Waals surface area contributed by atoms with Gasteiger partial charge in [-0.25, -0.2) is 4.98 Å². The van der Waals surface area contributed by atoms with Gasteiger partial charge in [0.05, 0.1) is 6.61 Å². The zero-order valence-electron chi connectivity index (χ0n) is 12.2. The Labute approximate surface area is 110 Å². The Bertz CT molecular complexity index is 372. The van der Waals surface area contributed by atoms with Gasteiger partial charge in [-0.05, 0) is 25.2 Å². The molecule has 102 valence electrons. The molecule has 0 amide bonds. The molecule has 4 heteroatoms. The van der Waals surface area contributed by atoms with E-state index in [0.29, 0.717) is 23.9 Å². The van der Waals surface area contributed by atoms with E-state index in [1.54, 1.807) is 0 Å². The Hall–Kier alpha value is -1.32. The number of aromatic nitrogens is 2. The molecule has 18 heavy (non-hydrogen) atoms. The van der Waals surface area contributed by atoms with E-state index in [0.717, 1.165) is 25.1 Å². The lowest BCUT2D eigenvalue weighted by molar-refractivity contribution is 0.305. The molecule has 1 aromatic rings. The molecule has 0 aliphatic heterocycles. The van der Waals surface area contributed by atoms with Crippen LogP contribution in [0.1, 0.15) is 46.2 Å². The highest BCUT2D eigenvalue weighted by Crippen LogP contribution is 2.18. The van der Waals surface area contributed by atoms with Crippen LogP contribution in [0.5, 0.6) is 5.88 Å². The summed E-state index contributed by atoms with van der Waals surface area (Å²) in [5.41, 5.74) is 1.24. The van der Waals surface area contributed by atoms with E-state index in [2.05, 4.69) is 43.0 Å². The summed E-state index contributed by atoms with van der Waals surface area (Å²) < 4.78 is 5.53. The SMILES string of the molecule is CCCOc1cc(C)nc(NCCC(C)(C)C)n1. The van der Waals surface area contributed by atoms with Crippen LogP contribution in [0, 0.1) is 12.3 Å². The molecule has 1 heterocycles. The van der Waals surface area contributed by atoms with Crippen LogP contribution in [0.15, 0.2) is 6.07 Å². The third-order valence-electron chi connectivity index (χ3n) is 2.44. The third-order valence-corrected chi connectivity index (χ3v) is 2.44. The number of hydrogen-bond acceptors (Lipinski definition) is 4. The van der Waals surface area contributed by atoms with Crippen molar-refractivity contribution in [1.29, 1.82) is 0 Å². The van der Waals surface area contributed by atoms with Crippen molar-refractivity contribution in [2.24, 2.45) is 5.41 Å². The van der Waals surface area contributed by atoms with Gasteiger partial charge in [-0.15, -0.1) is 0 Å². The van der Waals surface area contributed by atoms with Crippen molar-refractivity contribution in [3.05, 3.63) is 11.8 Å². The summed E-state index contributed by atoms with van der Waals surface area (Å²) in [6.45, 7) is 12.3. The first-order valence-corrected chi connectivity index (χ1v) is 6.63. The molecule has 1 N–H and O–H groups in total. The van der Waals surface area contributed by atoms with Gasteiger partial charge >= 0.3 is 0 Å². The van der Waals surface area contributed by atoms with E-state index in [1.165, 1.54) is 0 Å². The van der Waals surface area contributed by atoms with E-state index in [1.807, 2.05) is 13.0 Å². The van der Waals surface area contributed by atoms with E-state index in [4.69, 9.17) is 4.74 Å². The highest BCUT2D eigenvalue weighted by atomic mass is 16.5. The first-order chi connectivity index (χ1) is 8.40. The van der Waals surface area contributed by atoms with E-state index in [-0.39, 0.29) is 0 Å². The van der Waals surface area contributed by atoms with Crippen molar-refractivity contribution in [3.63, 3.8) is 0 Å². The van der Waals surface area contributed by atoms with Gasteiger partial charge in [0.15, 0.2) is 0 Å². The number of nitrogens with one attached hydrogen (secondary N) is 1. The molecule has 0 aliphatic carbocycles. The number of aryl methyl sites for hydroxylation is 1. The van der Waals surface area contributed by atoms with Crippen LogP contribution in [0.2, 0.25) is 0 Å². The second-order valence-electron chi connectivity index (χ2n) is 5.76. The monoisotopic (exact) mass is 251 g/mol. The lowest BCUT2D eigenvalue weighted by atomic mass is 9.92. The predicted octanol–water partition coefficient (Wildman–Crippen LogP) is 3.42. The molecule has 0 radical (unpaired) electrons. The fourth-order valence-electron chi connectivity index (χ4n) is 1.45. The fourth-order valence-corrected chi connectivity index (χ4v) is 1.45. The molecule has 0 spiro atoms. The first kappa shape index (κ1) is 14.7. The summed E-state index contributed by atoms with van der Waals surface area (Å²) in [4.78, 5) is 8.71. The van der Waals surface area contributed by atoms with Gasteiger partial charge in [0, 0.05) is 18.3 Å². The molecule has 4 nitrogen and oxygen atoms in total. The lowest BCUT2D eigenvalue weighted by Crippen LogP contribution is -2.14. The largest absolute Gasteiger partial charge is 0.478 e. The second kappa shape index (κ2) is 6.57. The Morgan fingerprint density at radius 3 is 2.61 bits per heavy atom. The Balaban J connectivity index is 2.57. The molecule has 0 atom stereocenters. The van der Waals surface area contributed by atoms with Crippen LogP contribution in [0.25, 0.3) is 0 Å². The molecule has 0 unspecified atom stereocenters. The predicted molar refractivity (Wildman–Crippen MR) is 75.1 cm³/mol. The van der Waals surface area contributed by atoms with Gasteiger partial charge in [-0.1, -0.05) is 27.7 Å². The minimum absolute atomic E-state index is 0.318. The van der Waals surface area contributed by atoms with Gasteiger partial charge in [-0.3, -0.25) is 0 Å². The highest BCUT2D eigenvalue weighted by Gasteiger charge is 2.10. The van der Waals surface area contributed by atoms with Crippen LogP contribution in [-0.4, -0.2) is 23.1 Å². The smallest absolute Gasteiger partial charge is 0.226 e. The summed E-state index contributed by atoms with van der Waals surface area (Å²) in [5.74, 6) is 1.31. The molecule has 0 fully saturated rings. The molecular formula is C14H25N3O. The summed E-state index contributed by atoms with van der Waals surface area (Å²) in [6, 6.07) is 1.87. The number of anilines is 1. The number of hydrogen-bond donors (Lipinski definition) is 1. The molecule has 0 aliphatic rings. The van der Waals surface area contributed by atoms with Crippen molar-refractivity contribution in [2.75, 3.05) is 18.5 Å². The molecule has 0 saturated heterocycles. The Morgan fingerprint density at radius 1 is 1.28 bits per heavy atom. The zero-order valence-corrected chi connectivity index (χ0v) is 12.2. The van der Waals surface area contributed by atoms with E-state index >= 15 is 0 Å². The minimum Gasteiger partial charge on any atom is -0.478 e. The maximum atomic E-state index is 5.53. The summed E-state index contributed by atoms with van der Waals surface area (Å²) in [5, 5.41) is 3.26. The molecule has 1 rings (SSSR count). The fraction of sp³-hybridized carbons (Fsp3) is 0.714. The second-order valence-corrected chi connectivity index (χ2v) is 5.76. The topological polar surface area (TPSA) is 47.0 Å². The summed E-state index contributed by atoms with van der Waals surface area (Å²) in [6.07, 6.45) is 2.06. The van der Waals surface area contributed by atoms with Crippen LogP contribution in [0.4, 0.5) is 5.95 Å². The van der Waals surface area contributed by atoms with E-state index < -0.39 is 0 Å². The van der Waals surface area contributed by atoms with Crippen molar-refractivity contribution < 1.29 is 4.74 Å². The summed E-state index contributed by atoms with van der Waals surface area (Å²) in [7, 11) is 0.